The number of hydrogen-bond donors (Lipinski definition) is 0. The smallest absolute Gasteiger partial charge is 0.392 e. The molecule has 1 aromatic heterocycles. The summed E-state index contributed by atoms with van der Waals surface area (Å²) in [5.41, 5.74) is -0.444. The fraction of sp³-hybridized carbons (Fsp3) is 0.368. The van der Waals surface area contributed by atoms with E-state index in [4.69, 9.17) is 18.9 Å². The van der Waals surface area contributed by atoms with Crippen molar-refractivity contribution in [2.75, 3.05) is 40.7 Å². The van der Waals surface area contributed by atoms with E-state index in [2.05, 4.69) is 9.97 Å². The van der Waals surface area contributed by atoms with Gasteiger partial charge in [-0.1, -0.05) is 11.8 Å². The summed E-state index contributed by atoms with van der Waals surface area (Å²) in [6, 6.07) is 4.34. The highest BCUT2D eigenvalue weighted by Gasteiger charge is 2.29. The molecule has 2 rings (SSSR count). The number of ether oxygens (including phenoxy) is 4. The Labute approximate surface area is 188 Å². The van der Waals surface area contributed by atoms with Crippen molar-refractivity contribution in [1.82, 2.24) is 14.9 Å². The molecule has 0 N–H and O–H groups in total. The molecule has 0 fully saturated rings. The van der Waals surface area contributed by atoms with Crippen LogP contribution in [0.1, 0.15) is 17.3 Å². The quantitative estimate of drug-likeness (QED) is 0.167. The largest absolute Gasteiger partial charge is 0.497 e. The summed E-state index contributed by atoms with van der Waals surface area (Å²) in [4.78, 5) is 44.3. The second-order valence-corrected chi connectivity index (χ2v) is 6.99. The highest BCUT2D eigenvalue weighted by Crippen LogP contribution is 2.38. The average molecular weight is 466 g/mol. The summed E-state index contributed by atoms with van der Waals surface area (Å²) >= 11 is 1.09. The standard InChI is InChI=1S/C19H22N4O8S/c1-6-29-14(24)10-30-16-15(23(26)27)17(21-19(20-16)32-5)31-13-8-11(18(25)22(2)3)7-12(9-13)28-4/h7-9H,6,10H2,1-5H3. The molecular weight excluding hydrogens is 444 g/mol. The average Bonchev–Trinajstić information content (AvgIpc) is 2.76. The lowest BCUT2D eigenvalue weighted by Crippen LogP contribution is -2.21. The van der Waals surface area contributed by atoms with Crippen molar-refractivity contribution in [1.29, 1.82) is 0 Å². The molecule has 0 spiro atoms. The Morgan fingerprint density at radius 2 is 1.81 bits per heavy atom. The van der Waals surface area contributed by atoms with Crippen LogP contribution in [-0.2, 0) is 9.53 Å². The van der Waals surface area contributed by atoms with Crippen LogP contribution in [0, 0.1) is 10.1 Å². The maximum Gasteiger partial charge on any atom is 0.392 e. The van der Waals surface area contributed by atoms with Gasteiger partial charge in [0.2, 0.25) is 0 Å². The number of hydrogen-bond acceptors (Lipinski definition) is 11. The van der Waals surface area contributed by atoms with Gasteiger partial charge in [-0.25, -0.2) is 4.79 Å². The molecule has 0 aliphatic heterocycles. The van der Waals surface area contributed by atoms with Crippen LogP contribution in [0.4, 0.5) is 5.69 Å². The molecule has 1 aromatic carbocycles. The van der Waals surface area contributed by atoms with E-state index < -0.39 is 34.9 Å². The highest BCUT2D eigenvalue weighted by molar-refractivity contribution is 7.98. The molecule has 13 heteroatoms. The maximum atomic E-state index is 12.4. The first-order chi connectivity index (χ1) is 15.2. The minimum absolute atomic E-state index is 0.0692. The van der Waals surface area contributed by atoms with Gasteiger partial charge in [0, 0.05) is 25.7 Å². The van der Waals surface area contributed by atoms with Crippen LogP contribution >= 0.6 is 11.8 Å². The van der Waals surface area contributed by atoms with Crippen molar-refractivity contribution in [3.63, 3.8) is 0 Å². The fourth-order valence-corrected chi connectivity index (χ4v) is 2.74. The Bertz CT molecular complexity index is 1020. The topological polar surface area (TPSA) is 143 Å². The van der Waals surface area contributed by atoms with Crippen molar-refractivity contribution >= 4 is 29.3 Å². The monoisotopic (exact) mass is 466 g/mol. The van der Waals surface area contributed by atoms with Crippen LogP contribution in [0.3, 0.4) is 0 Å². The molecule has 0 aliphatic rings. The fourth-order valence-electron chi connectivity index (χ4n) is 2.39. The molecule has 0 unspecified atom stereocenters. The molecule has 12 nitrogen and oxygen atoms in total. The zero-order chi connectivity index (χ0) is 23.8. The number of rotatable bonds is 10. The summed E-state index contributed by atoms with van der Waals surface area (Å²) < 4.78 is 20.9. The molecule has 0 saturated heterocycles. The zero-order valence-electron chi connectivity index (χ0n) is 18.1. The van der Waals surface area contributed by atoms with E-state index in [1.165, 1.54) is 30.2 Å². The lowest BCUT2D eigenvalue weighted by Gasteiger charge is -2.14. The van der Waals surface area contributed by atoms with Crippen LogP contribution in [0.25, 0.3) is 0 Å². The molecule has 0 radical (unpaired) electrons. The molecule has 172 valence electrons. The van der Waals surface area contributed by atoms with Crippen LogP contribution in [0.15, 0.2) is 23.4 Å². The van der Waals surface area contributed by atoms with Gasteiger partial charge in [-0.15, -0.1) is 0 Å². The highest BCUT2D eigenvalue weighted by atomic mass is 32.2. The third kappa shape index (κ3) is 6.20. The summed E-state index contributed by atoms with van der Waals surface area (Å²) in [7, 11) is 4.56. The number of amides is 1. The molecule has 2 aromatic rings. The Balaban J connectivity index is 2.51. The maximum absolute atomic E-state index is 12.4. The molecule has 0 aliphatic carbocycles. The molecule has 0 saturated carbocycles. The van der Waals surface area contributed by atoms with Crippen molar-refractivity contribution in [2.45, 2.75) is 12.1 Å². The van der Waals surface area contributed by atoms with Gasteiger partial charge in [0.15, 0.2) is 11.8 Å². The van der Waals surface area contributed by atoms with Crippen LogP contribution in [0.2, 0.25) is 0 Å². The summed E-state index contributed by atoms with van der Waals surface area (Å²) in [6.07, 6.45) is 1.65. The van der Waals surface area contributed by atoms with Crippen LogP contribution in [-0.4, -0.2) is 72.3 Å². The molecule has 32 heavy (non-hydrogen) atoms. The summed E-state index contributed by atoms with van der Waals surface area (Å²) in [6.45, 7) is 1.16. The van der Waals surface area contributed by atoms with Gasteiger partial charge in [0.1, 0.15) is 11.5 Å². The first-order valence-electron chi connectivity index (χ1n) is 9.17. The third-order valence-electron chi connectivity index (χ3n) is 3.78. The molecule has 1 amide bonds. The number of methoxy groups -OCH3 is 1. The molecular formula is C19H22N4O8S. The number of benzene rings is 1. The van der Waals surface area contributed by atoms with Crippen molar-refractivity contribution in [3.8, 4) is 23.3 Å². The zero-order valence-corrected chi connectivity index (χ0v) is 18.9. The Hall–Kier alpha value is -3.61. The minimum atomic E-state index is -0.786. The van der Waals surface area contributed by atoms with Crippen LogP contribution < -0.4 is 14.2 Å². The first-order valence-corrected chi connectivity index (χ1v) is 10.4. The van der Waals surface area contributed by atoms with E-state index in [-0.39, 0.29) is 29.0 Å². The lowest BCUT2D eigenvalue weighted by atomic mass is 10.2. The van der Waals surface area contributed by atoms with E-state index in [0.717, 1.165) is 11.8 Å². The van der Waals surface area contributed by atoms with Gasteiger partial charge in [-0.3, -0.25) is 14.9 Å². The van der Waals surface area contributed by atoms with E-state index in [0.29, 0.717) is 5.75 Å². The van der Waals surface area contributed by atoms with E-state index in [1.54, 1.807) is 27.3 Å². The molecule has 0 atom stereocenters. The number of nitro groups is 1. The first kappa shape index (κ1) is 24.7. The summed E-state index contributed by atoms with van der Waals surface area (Å²) in [5, 5.41) is 11.9. The SMILES string of the molecule is CCOC(=O)COc1nc(SC)nc(Oc2cc(OC)cc(C(=O)N(C)C)c2)c1[N+](=O)[O-]. The van der Waals surface area contributed by atoms with Crippen molar-refractivity contribution in [2.24, 2.45) is 0 Å². The predicted molar refractivity (Wildman–Crippen MR) is 114 cm³/mol. The van der Waals surface area contributed by atoms with Gasteiger partial charge < -0.3 is 23.8 Å². The van der Waals surface area contributed by atoms with Crippen LogP contribution in [0.5, 0.6) is 23.3 Å². The number of nitrogens with zero attached hydrogens (tertiary/aromatic N) is 4. The predicted octanol–water partition coefficient (Wildman–Crippen LogP) is 2.55. The normalized spacial score (nSPS) is 10.3. The van der Waals surface area contributed by atoms with Gasteiger partial charge in [0.05, 0.1) is 18.6 Å². The number of carbonyl (C=O) groups is 2. The van der Waals surface area contributed by atoms with Gasteiger partial charge in [-0.2, -0.15) is 9.97 Å². The second-order valence-electron chi connectivity index (χ2n) is 6.22. The number of thioether (sulfide) groups is 1. The third-order valence-corrected chi connectivity index (χ3v) is 4.33. The number of carbonyl (C=O) groups excluding carboxylic acids is 2. The Morgan fingerprint density at radius 3 is 2.38 bits per heavy atom. The van der Waals surface area contributed by atoms with E-state index in [1.807, 2.05) is 0 Å². The van der Waals surface area contributed by atoms with Gasteiger partial charge in [0.25, 0.3) is 5.91 Å². The number of aromatic nitrogens is 2. The number of esters is 1. The summed E-state index contributed by atoms with van der Waals surface area (Å²) in [5.74, 6) is -1.55. The second kappa shape index (κ2) is 11.1. The molecule has 0 bridgehead atoms. The van der Waals surface area contributed by atoms with Gasteiger partial charge in [-0.05, 0) is 25.3 Å². The van der Waals surface area contributed by atoms with Gasteiger partial charge >= 0.3 is 23.4 Å². The van der Waals surface area contributed by atoms with Crippen molar-refractivity contribution < 1.29 is 33.5 Å². The van der Waals surface area contributed by atoms with E-state index >= 15 is 0 Å². The van der Waals surface area contributed by atoms with Crippen molar-refractivity contribution in [3.05, 3.63) is 33.9 Å². The minimum Gasteiger partial charge on any atom is -0.497 e. The Kier molecular flexibility index (Phi) is 8.58. The van der Waals surface area contributed by atoms with E-state index in [9.17, 15) is 19.7 Å². The molecule has 1 heterocycles. The Morgan fingerprint density at radius 1 is 1.16 bits per heavy atom. The lowest BCUT2D eigenvalue weighted by molar-refractivity contribution is -0.387.